The van der Waals surface area contributed by atoms with Crippen LogP contribution in [0.2, 0.25) is 0 Å². The van der Waals surface area contributed by atoms with Gasteiger partial charge in [-0.2, -0.15) is 5.10 Å². The molecule has 0 aromatic carbocycles. The zero-order chi connectivity index (χ0) is 7.84. The first-order valence-electron chi connectivity index (χ1n) is 3.31. The molecule has 2 aliphatic rings. The summed E-state index contributed by atoms with van der Waals surface area (Å²) in [6, 6.07) is 0. The van der Waals surface area contributed by atoms with Crippen molar-refractivity contribution >= 4 is 11.6 Å². The van der Waals surface area contributed by atoms with Crippen molar-refractivity contribution in [1.29, 1.82) is 0 Å². The van der Waals surface area contributed by atoms with Gasteiger partial charge in [0.25, 0.3) is 5.91 Å². The van der Waals surface area contributed by atoms with Crippen molar-refractivity contribution in [2.75, 3.05) is 0 Å². The van der Waals surface area contributed by atoms with Gasteiger partial charge in [0.2, 0.25) is 0 Å². The van der Waals surface area contributed by atoms with Crippen molar-refractivity contribution in [3.63, 3.8) is 0 Å². The average Bonchev–Trinajstić information content (AvgIpc) is 2.35. The monoisotopic (exact) mass is 149 g/mol. The fourth-order valence-corrected chi connectivity index (χ4v) is 1.16. The summed E-state index contributed by atoms with van der Waals surface area (Å²) >= 11 is 0. The Bertz CT molecular complexity index is 301. The van der Waals surface area contributed by atoms with Crippen LogP contribution >= 0.6 is 0 Å². The topological polar surface area (TPSA) is 67.5 Å². The van der Waals surface area contributed by atoms with Crippen LogP contribution in [0, 0.1) is 5.92 Å². The molecule has 3 N–H and O–H groups in total. The van der Waals surface area contributed by atoms with Crippen LogP contribution in [0.3, 0.4) is 0 Å². The summed E-state index contributed by atoms with van der Waals surface area (Å²) in [4.78, 5) is 11.0. The second-order valence-corrected chi connectivity index (χ2v) is 2.46. The van der Waals surface area contributed by atoms with Crippen molar-refractivity contribution in [3.05, 3.63) is 23.9 Å². The van der Waals surface area contributed by atoms with E-state index in [4.69, 9.17) is 5.73 Å². The maximum Gasteiger partial charge on any atom is 0.253 e. The van der Waals surface area contributed by atoms with E-state index in [-0.39, 0.29) is 11.8 Å². The molecule has 4 heteroatoms. The lowest BCUT2D eigenvalue weighted by Gasteiger charge is -2.08. The van der Waals surface area contributed by atoms with Crippen LogP contribution in [0.4, 0.5) is 0 Å². The van der Waals surface area contributed by atoms with Gasteiger partial charge in [0.05, 0.1) is 11.4 Å². The van der Waals surface area contributed by atoms with Crippen molar-refractivity contribution < 1.29 is 4.79 Å². The molecule has 0 saturated carbocycles. The molecule has 0 fully saturated rings. The Balaban J connectivity index is 2.43. The second kappa shape index (κ2) is 1.95. The van der Waals surface area contributed by atoms with Crippen molar-refractivity contribution in [2.45, 2.75) is 0 Å². The Hall–Kier alpha value is -1.58. The quantitative estimate of drug-likeness (QED) is 0.487. The third-order valence-corrected chi connectivity index (χ3v) is 1.74. The molecule has 0 aromatic heterocycles. The molecule has 56 valence electrons. The number of hydrogen-bond donors (Lipinski definition) is 2. The zero-order valence-electron chi connectivity index (χ0n) is 5.74. The zero-order valence-corrected chi connectivity index (χ0v) is 5.74. The lowest BCUT2D eigenvalue weighted by Crippen LogP contribution is -2.25. The fraction of sp³-hybridized carbons (Fsp3) is 0.143. The smallest absolute Gasteiger partial charge is 0.253 e. The number of nitrogens with zero attached hydrogens (tertiary/aromatic N) is 1. The molecular formula is C7H7N3O. The number of amides is 1. The normalized spacial score (nSPS) is 27.3. The molecule has 1 atom stereocenters. The standard InChI is InChI=1S/C7H7N3O/c8-5-3-1-2-4-6(5)9-10-7(4)11/h1-4H,8H2,(H,10,11). The van der Waals surface area contributed by atoms with E-state index in [1.807, 2.05) is 0 Å². The molecule has 0 bridgehead atoms. The van der Waals surface area contributed by atoms with E-state index in [1.165, 1.54) is 0 Å². The van der Waals surface area contributed by atoms with E-state index in [0.717, 1.165) is 0 Å². The molecule has 2 rings (SSSR count). The minimum atomic E-state index is -0.264. The molecule has 0 radical (unpaired) electrons. The molecule has 0 saturated heterocycles. The molecule has 0 aromatic rings. The van der Waals surface area contributed by atoms with Gasteiger partial charge in [0.1, 0.15) is 5.92 Å². The molecule has 4 nitrogen and oxygen atoms in total. The molecule has 1 unspecified atom stereocenters. The summed E-state index contributed by atoms with van der Waals surface area (Å²) in [5.41, 5.74) is 9.14. The Morgan fingerprint density at radius 3 is 3.18 bits per heavy atom. The SMILES string of the molecule is NC1=CC=CC2C(=O)NN=C12. The van der Waals surface area contributed by atoms with Crippen LogP contribution in [0.1, 0.15) is 0 Å². The van der Waals surface area contributed by atoms with Crippen LogP contribution in [0.15, 0.2) is 29.0 Å². The molecule has 1 aliphatic heterocycles. The van der Waals surface area contributed by atoms with E-state index in [0.29, 0.717) is 11.4 Å². The lowest BCUT2D eigenvalue weighted by molar-refractivity contribution is -0.121. The number of nitrogens with one attached hydrogen (secondary N) is 1. The predicted molar refractivity (Wildman–Crippen MR) is 40.5 cm³/mol. The van der Waals surface area contributed by atoms with Gasteiger partial charge in [0, 0.05) is 0 Å². The summed E-state index contributed by atoms with van der Waals surface area (Å²) in [5.74, 6) is -0.368. The number of nitrogens with two attached hydrogens (primary N) is 1. The first kappa shape index (κ1) is 6.15. The number of carbonyl (C=O) groups is 1. The summed E-state index contributed by atoms with van der Waals surface area (Å²) in [7, 11) is 0. The van der Waals surface area contributed by atoms with Crippen LogP contribution in [0.5, 0.6) is 0 Å². The Morgan fingerprint density at radius 1 is 1.64 bits per heavy atom. The molecule has 11 heavy (non-hydrogen) atoms. The number of rotatable bonds is 0. The maximum atomic E-state index is 11.0. The first-order chi connectivity index (χ1) is 5.29. The number of carbonyl (C=O) groups excluding carboxylic acids is 1. The van der Waals surface area contributed by atoms with Crippen molar-refractivity contribution in [3.8, 4) is 0 Å². The second-order valence-electron chi connectivity index (χ2n) is 2.46. The molecule has 1 amide bonds. The highest BCUT2D eigenvalue weighted by Crippen LogP contribution is 2.16. The average molecular weight is 149 g/mol. The van der Waals surface area contributed by atoms with Crippen LogP contribution in [0.25, 0.3) is 0 Å². The van der Waals surface area contributed by atoms with Gasteiger partial charge in [0.15, 0.2) is 0 Å². The Kier molecular flexibility index (Phi) is 1.09. The van der Waals surface area contributed by atoms with Crippen molar-refractivity contribution in [1.82, 2.24) is 5.43 Å². The van der Waals surface area contributed by atoms with Gasteiger partial charge in [-0.1, -0.05) is 12.2 Å². The van der Waals surface area contributed by atoms with Gasteiger partial charge in [-0.15, -0.1) is 0 Å². The highest BCUT2D eigenvalue weighted by atomic mass is 16.2. The van der Waals surface area contributed by atoms with Gasteiger partial charge in [-0.05, 0) is 6.08 Å². The van der Waals surface area contributed by atoms with E-state index < -0.39 is 0 Å². The van der Waals surface area contributed by atoms with E-state index in [2.05, 4.69) is 10.5 Å². The molecule has 0 spiro atoms. The molecule has 1 aliphatic carbocycles. The van der Waals surface area contributed by atoms with Crippen LogP contribution < -0.4 is 11.2 Å². The Labute approximate surface area is 63.5 Å². The first-order valence-corrected chi connectivity index (χ1v) is 3.31. The summed E-state index contributed by atoms with van der Waals surface area (Å²) in [5, 5.41) is 3.79. The largest absolute Gasteiger partial charge is 0.397 e. The highest BCUT2D eigenvalue weighted by molar-refractivity contribution is 6.17. The molecule has 1 heterocycles. The molecular weight excluding hydrogens is 142 g/mol. The summed E-state index contributed by atoms with van der Waals surface area (Å²) in [6.07, 6.45) is 5.27. The third kappa shape index (κ3) is 0.756. The number of allylic oxidation sites excluding steroid dienone is 3. The number of fused-ring (bicyclic) bond motifs is 1. The van der Waals surface area contributed by atoms with E-state index >= 15 is 0 Å². The Morgan fingerprint density at radius 2 is 2.45 bits per heavy atom. The third-order valence-electron chi connectivity index (χ3n) is 1.74. The van der Waals surface area contributed by atoms with Gasteiger partial charge >= 0.3 is 0 Å². The van der Waals surface area contributed by atoms with Gasteiger partial charge < -0.3 is 5.73 Å². The van der Waals surface area contributed by atoms with Gasteiger partial charge in [-0.25, -0.2) is 5.43 Å². The summed E-state index contributed by atoms with van der Waals surface area (Å²) < 4.78 is 0. The predicted octanol–water partition coefficient (Wildman–Crippen LogP) is -0.499. The number of hydrogen-bond acceptors (Lipinski definition) is 3. The summed E-state index contributed by atoms with van der Waals surface area (Å²) in [6.45, 7) is 0. The lowest BCUT2D eigenvalue weighted by atomic mass is 9.97. The van der Waals surface area contributed by atoms with Crippen molar-refractivity contribution in [2.24, 2.45) is 16.8 Å². The highest BCUT2D eigenvalue weighted by Gasteiger charge is 2.30. The van der Waals surface area contributed by atoms with E-state index in [1.54, 1.807) is 18.2 Å². The minimum absolute atomic E-state index is 0.104. The van der Waals surface area contributed by atoms with Crippen LogP contribution in [-0.2, 0) is 4.79 Å². The minimum Gasteiger partial charge on any atom is -0.397 e. The van der Waals surface area contributed by atoms with Gasteiger partial charge in [-0.3, -0.25) is 4.79 Å². The van der Waals surface area contributed by atoms with Crippen LogP contribution in [-0.4, -0.2) is 11.6 Å². The maximum absolute atomic E-state index is 11.0. The van der Waals surface area contributed by atoms with E-state index in [9.17, 15) is 4.79 Å². The number of hydrazone groups is 1. The fourth-order valence-electron chi connectivity index (χ4n) is 1.16.